The first kappa shape index (κ1) is 19.3. The van der Waals surface area contributed by atoms with Crippen LogP contribution in [-0.4, -0.2) is 41.3 Å². The molecular formula is C20H22N4O4. The first-order chi connectivity index (χ1) is 13.4. The van der Waals surface area contributed by atoms with Crippen LogP contribution in [0, 0.1) is 17.0 Å². The highest BCUT2D eigenvalue weighted by Crippen LogP contribution is 2.28. The van der Waals surface area contributed by atoms with E-state index in [-0.39, 0.29) is 22.8 Å². The maximum Gasteiger partial charge on any atom is 0.293 e. The number of hydrogen-bond donors (Lipinski definition) is 2. The van der Waals surface area contributed by atoms with Crippen LogP contribution in [-0.2, 0) is 11.3 Å². The van der Waals surface area contributed by atoms with Gasteiger partial charge in [0, 0.05) is 31.8 Å². The molecule has 0 radical (unpaired) electrons. The van der Waals surface area contributed by atoms with Gasteiger partial charge in [-0.2, -0.15) is 0 Å². The van der Waals surface area contributed by atoms with E-state index in [4.69, 9.17) is 0 Å². The predicted octanol–water partition coefficient (Wildman–Crippen LogP) is 2.48. The number of carbonyl (C=O) groups excluding carboxylic acids is 2. The van der Waals surface area contributed by atoms with Crippen molar-refractivity contribution in [1.82, 2.24) is 10.2 Å². The van der Waals surface area contributed by atoms with Crippen LogP contribution in [0.5, 0.6) is 0 Å². The average Bonchev–Trinajstić information content (AvgIpc) is 3.02. The number of anilines is 1. The summed E-state index contributed by atoms with van der Waals surface area (Å²) in [6.07, 6.45) is 0.555. The highest BCUT2D eigenvalue weighted by Gasteiger charge is 2.33. The molecule has 28 heavy (non-hydrogen) atoms. The molecule has 146 valence electrons. The molecule has 3 rings (SSSR count). The van der Waals surface area contributed by atoms with Gasteiger partial charge in [-0.25, -0.2) is 0 Å². The molecule has 1 heterocycles. The minimum Gasteiger partial charge on any atom is -0.368 e. The number of likely N-dealkylation sites (tertiary alicyclic amines) is 1. The second-order valence-electron chi connectivity index (χ2n) is 6.80. The molecule has 2 aromatic carbocycles. The van der Waals surface area contributed by atoms with Gasteiger partial charge in [0.25, 0.3) is 11.6 Å². The standard InChI is InChI=1S/C20H22N4O4/c1-13-3-5-14(6-4-13)12-23-10-9-17(20(23)26)22-16-8-7-15(19(25)21-2)11-18(16)24(27)28/h3-8,11,17,22H,9-10,12H2,1-2H3,(H,21,25). The molecule has 2 amide bonds. The summed E-state index contributed by atoms with van der Waals surface area (Å²) in [4.78, 5) is 37.0. The Kier molecular flexibility index (Phi) is 5.58. The van der Waals surface area contributed by atoms with Crippen molar-refractivity contribution in [2.24, 2.45) is 0 Å². The van der Waals surface area contributed by atoms with Crippen molar-refractivity contribution in [2.75, 3.05) is 18.9 Å². The lowest BCUT2D eigenvalue weighted by Gasteiger charge is -2.18. The smallest absolute Gasteiger partial charge is 0.293 e. The number of rotatable bonds is 6. The highest BCUT2D eigenvalue weighted by atomic mass is 16.6. The fourth-order valence-electron chi connectivity index (χ4n) is 3.22. The maximum atomic E-state index is 12.7. The Morgan fingerprint density at radius 2 is 1.96 bits per heavy atom. The van der Waals surface area contributed by atoms with Crippen LogP contribution in [0.1, 0.15) is 27.9 Å². The zero-order valence-corrected chi connectivity index (χ0v) is 15.8. The number of carbonyl (C=O) groups is 2. The summed E-state index contributed by atoms with van der Waals surface area (Å²) in [7, 11) is 1.46. The molecule has 2 aromatic rings. The number of aryl methyl sites for hydroxylation is 1. The van der Waals surface area contributed by atoms with Gasteiger partial charge in [-0.05, 0) is 31.0 Å². The lowest BCUT2D eigenvalue weighted by Crippen LogP contribution is -2.33. The predicted molar refractivity (Wildman–Crippen MR) is 105 cm³/mol. The molecule has 2 N–H and O–H groups in total. The second-order valence-corrected chi connectivity index (χ2v) is 6.80. The van der Waals surface area contributed by atoms with Crippen molar-refractivity contribution < 1.29 is 14.5 Å². The van der Waals surface area contributed by atoms with Crippen LogP contribution in [0.4, 0.5) is 11.4 Å². The lowest BCUT2D eigenvalue weighted by molar-refractivity contribution is -0.384. The van der Waals surface area contributed by atoms with Crippen molar-refractivity contribution in [2.45, 2.75) is 25.9 Å². The number of nitrogens with zero attached hydrogens (tertiary/aromatic N) is 2. The summed E-state index contributed by atoms with van der Waals surface area (Å²) in [5.74, 6) is -0.499. The van der Waals surface area contributed by atoms with Crippen LogP contribution in [0.3, 0.4) is 0 Å². The third-order valence-corrected chi connectivity index (χ3v) is 4.80. The van der Waals surface area contributed by atoms with Gasteiger partial charge in [0.1, 0.15) is 11.7 Å². The topological polar surface area (TPSA) is 105 Å². The molecule has 1 unspecified atom stereocenters. The molecule has 1 aliphatic rings. The minimum atomic E-state index is -0.557. The SMILES string of the molecule is CNC(=O)c1ccc(NC2CCN(Cc3ccc(C)cc3)C2=O)c([N+](=O)[O-])c1. The van der Waals surface area contributed by atoms with E-state index in [0.717, 1.165) is 11.1 Å². The molecule has 0 aliphatic carbocycles. The number of hydrogen-bond acceptors (Lipinski definition) is 5. The van der Waals surface area contributed by atoms with Gasteiger partial charge in [-0.15, -0.1) is 0 Å². The molecule has 8 nitrogen and oxygen atoms in total. The third kappa shape index (κ3) is 4.11. The lowest BCUT2D eigenvalue weighted by atomic mass is 10.1. The van der Waals surface area contributed by atoms with E-state index in [0.29, 0.717) is 19.5 Å². The maximum absolute atomic E-state index is 12.7. The Morgan fingerprint density at radius 3 is 2.61 bits per heavy atom. The Hall–Kier alpha value is -3.42. The largest absolute Gasteiger partial charge is 0.368 e. The molecule has 0 bridgehead atoms. The molecule has 1 fully saturated rings. The monoisotopic (exact) mass is 382 g/mol. The molecule has 1 saturated heterocycles. The van der Waals surface area contributed by atoms with Crippen LogP contribution >= 0.6 is 0 Å². The molecule has 0 aromatic heterocycles. The zero-order chi connectivity index (χ0) is 20.3. The van der Waals surface area contributed by atoms with E-state index in [1.807, 2.05) is 31.2 Å². The van der Waals surface area contributed by atoms with E-state index in [1.165, 1.54) is 25.2 Å². The summed E-state index contributed by atoms with van der Waals surface area (Å²) in [6.45, 7) is 3.09. The van der Waals surface area contributed by atoms with Crippen LogP contribution in [0.25, 0.3) is 0 Å². The number of amides is 2. The fourth-order valence-corrected chi connectivity index (χ4v) is 3.22. The molecule has 8 heteroatoms. The van der Waals surface area contributed by atoms with Crippen LogP contribution in [0.15, 0.2) is 42.5 Å². The van der Waals surface area contributed by atoms with Crippen molar-refractivity contribution >= 4 is 23.2 Å². The van der Waals surface area contributed by atoms with Crippen molar-refractivity contribution in [3.63, 3.8) is 0 Å². The summed E-state index contributed by atoms with van der Waals surface area (Å²) >= 11 is 0. The van der Waals surface area contributed by atoms with Gasteiger partial charge in [-0.1, -0.05) is 29.8 Å². The van der Waals surface area contributed by atoms with E-state index in [9.17, 15) is 19.7 Å². The fraction of sp³-hybridized carbons (Fsp3) is 0.300. The van der Waals surface area contributed by atoms with Gasteiger partial charge in [-0.3, -0.25) is 19.7 Å². The van der Waals surface area contributed by atoms with Crippen molar-refractivity contribution in [1.29, 1.82) is 0 Å². The normalized spacial score (nSPS) is 16.1. The Bertz CT molecular complexity index is 911. The summed E-state index contributed by atoms with van der Waals surface area (Å²) in [6, 6.07) is 11.6. The second kappa shape index (κ2) is 8.08. The van der Waals surface area contributed by atoms with Crippen molar-refractivity contribution in [3.05, 3.63) is 69.3 Å². The average molecular weight is 382 g/mol. The third-order valence-electron chi connectivity index (χ3n) is 4.80. The Morgan fingerprint density at radius 1 is 1.25 bits per heavy atom. The van der Waals surface area contributed by atoms with E-state index < -0.39 is 16.9 Å². The first-order valence-corrected chi connectivity index (χ1v) is 9.00. The quantitative estimate of drug-likeness (QED) is 0.590. The summed E-state index contributed by atoms with van der Waals surface area (Å²) < 4.78 is 0. The summed E-state index contributed by atoms with van der Waals surface area (Å²) in [5.41, 5.74) is 2.39. The van der Waals surface area contributed by atoms with Crippen LogP contribution < -0.4 is 10.6 Å². The van der Waals surface area contributed by atoms with Crippen LogP contribution in [0.2, 0.25) is 0 Å². The van der Waals surface area contributed by atoms with E-state index in [1.54, 1.807) is 4.90 Å². The van der Waals surface area contributed by atoms with E-state index in [2.05, 4.69) is 10.6 Å². The van der Waals surface area contributed by atoms with Gasteiger partial charge in [0.2, 0.25) is 5.91 Å². The van der Waals surface area contributed by atoms with Gasteiger partial charge < -0.3 is 15.5 Å². The highest BCUT2D eigenvalue weighted by molar-refractivity contribution is 5.96. The number of benzene rings is 2. The molecule has 1 aliphatic heterocycles. The minimum absolute atomic E-state index is 0.0924. The van der Waals surface area contributed by atoms with Crippen molar-refractivity contribution in [3.8, 4) is 0 Å². The zero-order valence-electron chi connectivity index (χ0n) is 15.8. The number of nitrogens with one attached hydrogen (secondary N) is 2. The molecule has 0 spiro atoms. The Labute approximate surface area is 162 Å². The first-order valence-electron chi connectivity index (χ1n) is 9.00. The molecular weight excluding hydrogens is 360 g/mol. The number of nitro groups is 1. The van der Waals surface area contributed by atoms with E-state index >= 15 is 0 Å². The molecule has 1 atom stereocenters. The summed E-state index contributed by atoms with van der Waals surface area (Å²) in [5, 5.41) is 16.8. The van der Waals surface area contributed by atoms with Gasteiger partial charge in [0.15, 0.2) is 0 Å². The Balaban J connectivity index is 1.73. The number of nitro benzene ring substituents is 1. The van der Waals surface area contributed by atoms with Gasteiger partial charge in [0.05, 0.1) is 4.92 Å². The van der Waals surface area contributed by atoms with Gasteiger partial charge >= 0.3 is 0 Å². The molecule has 0 saturated carbocycles.